The molecule has 164 valence electrons. The van der Waals surface area contributed by atoms with E-state index in [0.29, 0.717) is 48.7 Å². The molecule has 2 heterocycles. The van der Waals surface area contributed by atoms with Crippen molar-refractivity contribution in [2.24, 2.45) is 0 Å². The number of aryl methyl sites for hydroxylation is 1. The standard InChI is InChI=1S/C21H24ClN5O3S/c1-15-17(22)6-4-7-18(15)23-21(28)8-5-13-27-20-10-9-16(14-19(20)24-25-27)31(29,30)26-11-2-3-12-26/h4,6-7,9-10,14H,2-3,5,8,11-13H2,1H3,(H,23,28). The van der Waals surface area contributed by atoms with Gasteiger partial charge in [-0.3, -0.25) is 4.79 Å². The number of carbonyl (C=O) groups excluding carboxylic acids is 1. The van der Waals surface area contributed by atoms with Gasteiger partial charge in [-0.15, -0.1) is 5.10 Å². The van der Waals surface area contributed by atoms with Crippen LogP contribution in [0.2, 0.25) is 5.02 Å². The molecule has 0 radical (unpaired) electrons. The van der Waals surface area contributed by atoms with Crippen molar-refractivity contribution in [1.29, 1.82) is 0 Å². The van der Waals surface area contributed by atoms with Crippen LogP contribution in [-0.2, 0) is 21.4 Å². The molecule has 1 saturated heterocycles. The summed E-state index contributed by atoms with van der Waals surface area (Å²) in [6.45, 7) is 3.47. The van der Waals surface area contributed by atoms with Gasteiger partial charge < -0.3 is 5.32 Å². The molecule has 8 nitrogen and oxygen atoms in total. The molecule has 1 fully saturated rings. The summed E-state index contributed by atoms with van der Waals surface area (Å²) in [5.41, 5.74) is 2.81. The molecule has 0 spiro atoms. The van der Waals surface area contributed by atoms with Crippen LogP contribution in [0, 0.1) is 6.92 Å². The Kier molecular flexibility index (Phi) is 6.27. The summed E-state index contributed by atoms with van der Waals surface area (Å²) in [5.74, 6) is -0.103. The number of amides is 1. The van der Waals surface area contributed by atoms with E-state index in [1.165, 1.54) is 4.31 Å². The highest BCUT2D eigenvalue weighted by Gasteiger charge is 2.27. The lowest BCUT2D eigenvalue weighted by Gasteiger charge is -2.15. The average molecular weight is 462 g/mol. The van der Waals surface area contributed by atoms with Gasteiger partial charge in [0, 0.05) is 36.8 Å². The summed E-state index contributed by atoms with van der Waals surface area (Å²) in [6, 6.07) is 10.3. The summed E-state index contributed by atoms with van der Waals surface area (Å²) in [7, 11) is -3.49. The largest absolute Gasteiger partial charge is 0.326 e. The Bertz CT molecular complexity index is 1220. The topological polar surface area (TPSA) is 97.2 Å². The Labute approximate surface area is 186 Å². The minimum Gasteiger partial charge on any atom is -0.326 e. The van der Waals surface area contributed by atoms with Crippen molar-refractivity contribution in [1.82, 2.24) is 19.3 Å². The third kappa shape index (κ3) is 4.58. The first-order valence-electron chi connectivity index (χ1n) is 10.2. The second kappa shape index (κ2) is 8.94. The number of nitrogens with one attached hydrogen (secondary N) is 1. The van der Waals surface area contributed by atoms with Crippen LogP contribution in [0.25, 0.3) is 11.0 Å². The minimum atomic E-state index is -3.49. The Hall–Kier alpha value is -2.49. The molecule has 0 unspecified atom stereocenters. The molecule has 3 aromatic rings. The summed E-state index contributed by atoms with van der Waals surface area (Å²) < 4.78 is 28.7. The van der Waals surface area contributed by atoms with Crippen LogP contribution in [0.4, 0.5) is 5.69 Å². The predicted octanol–water partition coefficient (Wildman–Crippen LogP) is 3.60. The fourth-order valence-corrected chi connectivity index (χ4v) is 5.41. The van der Waals surface area contributed by atoms with E-state index < -0.39 is 10.0 Å². The third-order valence-corrected chi connectivity index (χ3v) is 7.81. The first-order chi connectivity index (χ1) is 14.9. The van der Waals surface area contributed by atoms with Crippen LogP contribution in [0.3, 0.4) is 0 Å². The molecule has 1 aliphatic heterocycles. The van der Waals surface area contributed by atoms with Crippen molar-refractivity contribution in [3.8, 4) is 0 Å². The molecule has 0 atom stereocenters. The van der Waals surface area contributed by atoms with Crippen molar-refractivity contribution >= 4 is 44.3 Å². The number of carbonyl (C=O) groups is 1. The number of anilines is 1. The van der Waals surface area contributed by atoms with Crippen molar-refractivity contribution in [2.75, 3.05) is 18.4 Å². The van der Waals surface area contributed by atoms with Crippen LogP contribution in [0.1, 0.15) is 31.2 Å². The molecule has 0 aliphatic carbocycles. The van der Waals surface area contributed by atoms with E-state index >= 15 is 0 Å². The van der Waals surface area contributed by atoms with Crippen molar-refractivity contribution in [3.05, 3.63) is 47.0 Å². The zero-order valence-electron chi connectivity index (χ0n) is 17.2. The van der Waals surface area contributed by atoms with Crippen LogP contribution in [0.5, 0.6) is 0 Å². The molecule has 0 bridgehead atoms. The van der Waals surface area contributed by atoms with E-state index in [-0.39, 0.29) is 10.8 Å². The number of hydrogen-bond acceptors (Lipinski definition) is 5. The van der Waals surface area contributed by atoms with Gasteiger partial charge >= 0.3 is 0 Å². The lowest BCUT2D eigenvalue weighted by molar-refractivity contribution is -0.116. The fraction of sp³-hybridized carbons (Fsp3) is 0.381. The molecular weight excluding hydrogens is 438 g/mol. The van der Waals surface area contributed by atoms with Gasteiger partial charge in [-0.25, -0.2) is 13.1 Å². The van der Waals surface area contributed by atoms with Gasteiger partial charge in [0.25, 0.3) is 0 Å². The monoisotopic (exact) mass is 461 g/mol. The van der Waals surface area contributed by atoms with E-state index in [1.807, 2.05) is 13.0 Å². The highest BCUT2D eigenvalue weighted by molar-refractivity contribution is 7.89. The number of hydrogen-bond donors (Lipinski definition) is 1. The third-order valence-electron chi connectivity index (χ3n) is 5.50. The zero-order chi connectivity index (χ0) is 22.0. The lowest BCUT2D eigenvalue weighted by atomic mass is 10.2. The van der Waals surface area contributed by atoms with E-state index in [2.05, 4.69) is 15.6 Å². The lowest BCUT2D eigenvalue weighted by Crippen LogP contribution is -2.27. The van der Waals surface area contributed by atoms with Crippen LogP contribution in [0.15, 0.2) is 41.3 Å². The molecular formula is C21H24ClN5O3S. The van der Waals surface area contributed by atoms with Gasteiger partial charge in [0.1, 0.15) is 5.52 Å². The number of fused-ring (bicyclic) bond motifs is 1. The number of aromatic nitrogens is 3. The molecule has 10 heteroatoms. The quantitative estimate of drug-likeness (QED) is 0.579. The Morgan fingerprint density at radius 2 is 1.97 bits per heavy atom. The number of sulfonamides is 1. The van der Waals surface area contributed by atoms with E-state index in [9.17, 15) is 13.2 Å². The smallest absolute Gasteiger partial charge is 0.243 e. The second-order valence-corrected chi connectivity index (χ2v) is 9.98. The summed E-state index contributed by atoms with van der Waals surface area (Å²) in [5, 5.41) is 11.7. The SMILES string of the molecule is Cc1c(Cl)cccc1NC(=O)CCCn1nnc2cc(S(=O)(=O)N3CCCC3)ccc21. The van der Waals surface area contributed by atoms with E-state index in [4.69, 9.17) is 11.6 Å². The van der Waals surface area contributed by atoms with Crippen LogP contribution < -0.4 is 5.32 Å². The fourth-order valence-electron chi connectivity index (χ4n) is 3.70. The number of benzene rings is 2. The Morgan fingerprint density at radius 1 is 1.19 bits per heavy atom. The van der Waals surface area contributed by atoms with Crippen molar-refractivity contribution in [3.63, 3.8) is 0 Å². The molecule has 0 saturated carbocycles. The molecule has 1 aliphatic rings. The van der Waals surface area contributed by atoms with Crippen molar-refractivity contribution < 1.29 is 13.2 Å². The predicted molar refractivity (Wildman–Crippen MR) is 120 cm³/mol. The van der Waals surface area contributed by atoms with Gasteiger partial charge in [-0.1, -0.05) is 22.9 Å². The van der Waals surface area contributed by atoms with Crippen molar-refractivity contribution in [2.45, 2.75) is 44.0 Å². The average Bonchev–Trinajstić information content (AvgIpc) is 3.42. The first kappa shape index (κ1) is 21.7. The zero-order valence-corrected chi connectivity index (χ0v) is 18.8. The van der Waals surface area contributed by atoms with Gasteiger partial charge in [-0.05, 0) is 62.1 Å². The molecule has 1 amide bonds. The van der Waals surface area contributed by atoms with Gasteiger partial charge in [0.2, 0.25) is 15.9 Å². The van der Waals surface area contributed by atoms with Gasteiger partial charge in [0.15, 0.2) is 0 Å². The van der Waals surface area contributed by atoms with Crippen LogP contribution >= 0.6 is 11.6 Å². The maximum Gasteiger partial charge on any atom is 0.243 e. The highest BCUT2D eigenvalue weighted by Crippen LogP contribution is 2.25. The Morgan fingerprint density at radius 3 is 2.74 bits per heavy atom. The minimum absolute atomic E-state index is 0.103. The maximum atomic E-state index is 12.7. The molecule has 1 N–H and O–H groups in total. The number of rotatable bonds is 7. The van der Waals surface area contributed by atoms with E-state index in [0.717, 1.165) is 23.9 Å². The number of nitrogens with zero attached hydrogens (tertiary/aromatic N) is 4. The molecule has 4 rings (SSSR count). The summed E-state index contributed by atoms with van der Waals surface area (Å²) >= 11 is 6.09. The molecule has 1 aromatic heterocycles. The summed E-state index contributed by atoms with van der Waals surface area (Å²) in [4.78, 5) is 12.5. The van der Waals surface area contributed by atoms with Gasteiger partial charge in [0.05, 0.1) is 10.4 Å². The van der Waals surface area contributed by atoms with Gasteiger partial charge in [-0.2, -0.15) is 4.31 Å². The Balaban J connectivity index is 1.39. The highest BCUT2D eigenvalue weighted by atomic mass is 35.5. The normalized spacial score (nSPS) is 14.9. The molecule has 31 heavy (non-hydrogen) atoms. The number of halogens is 1. The first-order valence-corrected chi connectivity index (χ1v) is 12.1. The molecule has 2 aromatic carbocycles. The van der Waals surface area contributed by atoms with E-state index in [1.54, 1.807) is 35.0 Å². The van der Waals surface area contributed by atoms with Crippen LogP contribution in [-0.4, -0.2) is 46.7 Å². The second-order valence-electron chi connectivity index (χ2n) is 7.64. The summed E-state index contributed by atoms with van der Waals surface area (Å²) in [6.07, 6.45) is 2.66. The maximum absolute atomic E-state index is 12.7.